The topological polar surface area (TPSA) is 55.9 Å². The number of halogens is 1. The van der Waals surface area contributed by atoms with E-state index < -0.39 is 0 Å². The van der Waals surface area contributed by atoms with Gasteiger partial charge in [0, 0.05) is 12.7 Å². The van der Waals surface area contributed by atoms with Crippen molar-refractivity contribution in [1.82, 2.24) is 9.78 Å². The lowest BCUT2D eigenvalue weighted by atomic mass is 10.2. The molecule has 0 radical (unpaired) electrons. The minimum atomic E-state index is -0.323. The first-order valence-corrected chi connectivity index (χ1v) is 5.43. The number of nitrogens with one attached hydrogen (secondary N) is 1. The average molecular weight is 234 g/mol. The maximum atomic E-state index is 12.8. The highest BCUT2D eigenvalue weighted by Crippen LogP contribution is 2.18. The van der Waals surface area contributed by atoms with Crippen molar-refractivity contribution >= 4 is 11.4 Å². The van der Waals surface area contributed by atoms with Crippen LogP contribution >= 0.6 is 0 Å². The van der Waals surface area contributed by atoms with E-state index in [1.54, 1.807) is 6.07 Å². The summed E-state index contributed by atoms with van der Waals surface area (Å²) in [6.07, 6.45) is 3.78. The second-order valence-corrected chi connectivity index (χ2v) is 3.94. The second-order valence-electron chi connectivity index (χ2n) is 3.94. The Labute approximate surface area is 99.2 Å². The molecule has 1 aromatic heterocycles. The van der Waals surface area contributed by atoms with Gasteiger partial charge in [-0.1, -0.05) is 0 Å². The summed E-state index contributed by atoms with van der Waals surface area (Å²) in [6.45, 7) is 3.43. The van der Waals surface area contributed by atoms with Gasteiger partial charge in [-0.25, -0.2) is 4.39 Å². The number of nitrogens with zero attached hydrogens (tertiary/aromatic N) is 2. The molecule has 0 aliphatic rings. The predicted molar refractivity (Wildman–Crippen MR) is 66.3 cm³/mol. The summed E-state index contributed by atoms with van der Waals surface area (Å²) < 4.78 is 14.7. The number of nitrogen functional groups attached to an aromatic ring is 1. The van der Waals surface area contributed by atoms with Crippen LogP contribution in [0.15, 0.2) is 30.6 Å². The SMILES string of the molecule is Cc1cnn(CCNc2ccc(F)cc2N)c1. The molecule has 1 aromatic carbocycles. The quantitative estimate of drug-likeness (QED) is 0.796. The summed E-state index contributed by atoms with van der Waals surface area (Å²) in [5.41, 5.74) is 7.97. The first-order valence-electron chi connectivity index (χ1n) is 5.43. The fourth-order valence-electron chi connectivity index (χ4n) is 1.59. The molecule has 0 saturated carbocycles. The van der Waals surface area contributed by atoms with Crippen molar-refractivity contribution in [1.29, 1.82) is 0 Å². The van der Waals surface area contributed by atoms with Gasteiger partial charge in [0.25, 0.3) is 0 Å². The third-order valence-electron chi connectivity index (χ3n) is 2.43. The van der Waals surface area contributed by atoms with Gasteiger partial charge in [-0.2, -0.15) is 5.10 Å². The number of aromatic nitrogens is 2. The summed E-state index contributed by atoms with van der Waals surface area (Å²) in [7, 11) is 0. The van der Waals surface area contributed by atoms with Gasteiger partial charge in [0.05, 0.1) is 24.1 Å². The number of aryl methyl sites for hydroxylation is 1. The van der Waals surface area contributed by atoms with Crippen molar-refractivity contribution in [2.24, 2.45) is 0 Å². The van der Waals surface area contributed by atoms with E-state index in [0.717, 1.165) is 17.8 Å². The van der Waals surface area contributed by atoms with Crippen molar-refractivity contribution in [2.75, 3.05) is 17.6 Å². The minimum absolute atomic E-state index is 0.323. The highest BCUT2D eigenvalue weighted by Gasteiger charge is 2.00. The van der Waals surface area contributed by atoms with Crippen LogP contribution in [-0.4, -0.2) is 16.3 Å². The van der Waals surface area contributed by atoms with Crippen LogP contribution in [-0.2, 0) is 6.54 Å². The third kappa shape index (κ3) is 2.96. The first-order chi connectivity index (χ1) is 8.15. The fraction of sp³-hybridized carbons (Fsp3) is 0.250. The van der Waals surface area contributed by atoms with E-state index in [9.17, 15) is 4.39 Å². The van der Waals surface area contributed by atoms with E-state index >= 15 is 0 Å². The summed E-state index contributed by atoms with van der Waals surface area (Å²) in [6, 6.07) is 4.33. The van der Waals surface area contributed by atoms with E-state index in [1.165, 1.54) is 12.1 Å². The third-order valence-corrected chi connectivity index (χ3v) is 2.43. The van der Waals surface area contributed by atoms with Gasteiger partial charge in [0.2, 0.25) is 0 Å². The molecule has 0 atom stereocenters. The Morgan fingerprint density at radius 3 is 2.94 bits per heavy atom. The van der Waals surface area contributed by atoms with Gasteiger partial charge in [0.15, 0.2) is 0 Å². The van der Waals surface area contributed by atoms with E-state index in [2.05, 4.69) is 10.4 Å². The van der Waals surface area contributed by atoms with E-state index in [0.29, 0.717) is 12.2 Å². The molecule has 0 aliphatic carbocycles. The molecule has 0 amide bonds. The number of nitrogens with two attached hydrogens (primary N) is 1. The number of hydrogen-bond acceptors (Lipinski definition) is 3. The molecular formula is C12H15FN4. The Kier molecular flexibility index (Phi) is 3.27. The maximum absolute atomic E-state index is 12.8. The maximum Gasteiger partial charge on any atom is 0.125 e. The summed E-state index contributed by atoms with van der Waals surface area (Å²) in [5.74, 6) is -0.323. The standard InChI is InChI=1S/C12H15FN4/c1-9-7-16-17(8-9)5-4-15-12-3-2-10(13)6-11(12)14/h2-3,6-8,15H,4-5,14H2,1H3. The molecule has 3 N–H and O–H groups in total. The largest absolute Gasteiger partial charge is 0.397 e. The van der Waals surface area contributed by atoms with E-state index in [-0.39, 0.29) is 5.82 Å². The minimum Gasteiger partial charge on any atom is -0.397 e. The molecule has 1 heterocycles. The number of benzene rings is 1. The van der Waals surface area contributed by atoms with Crippen molar-refractivity contribution in [3.8, 4) is 0 Å². The molecule has 0 aliphatic heterocycles. The molecular weight excluding hydrogens is 219 g/mol. The number of anilines is 2. The Morgan fingerprint density at radius 2 is 2.29 bits per heavy atom. The van der Waals surface area contributed by atoms with Gasteiger partial charge in [-0.05, 0) is 30.7 Å². The lowest BCUT2D eigenvalue weighted by molar-refractivity contribution is 0.627. The Balaban J connectivity index is 1.90. The van der Waals surface area contributed by atoms with Gasteiger partial charge >= 0.3 is 0 Å². The summed E-state index contributed by atoms with van der Waals surface area (Å²) in [4.78, 5) is 0. The molecule has 0 fully saturated rings. The summed E-state index contributed by atoms with van der Waals surface area (Å²) >= 11 is 0. The molecule has 0 saturated heterocycles. The van der Waals surface area contributed by atoms with Crippen LogP contribution in [0.5, 0.6) is 0 Å². The van der Waals surface area contributed by atoms with Crippen LogP contribution in [0.1, 0.15) is 5.56 Å². The molecule has 0 spiro atoms. The molecule has 2 rings (SSSR count). The van der Waals surface area contributed by atoms with E-state index in [1.807, 2.05) is 24.0 Å². The predicted octanol–water partition coefficient (Wildman–Crippen LogP) is 2.02. The van der Waals surface area contributed by atoms with Crippen LogP contribution in [0.25, 0.3) is 0 Å². The van der Waals surface area contributed by atoms with Crippen molar-refractivity contribution in [3.05, 3.63) is 42.0 Å². The molecule has 17 heavy (non-hydrogen) atoms. The van der Waals surface area contributed by atoms with Gasteiger partial charge in [-0.15, -0.1) is 0 Å². The van der Waals surface area contributed by atoms with Crippen LogP contribution in [0, 0.1) is 12.7 Å². The zero-order chi connectivity index (χ0) is 12.3. The number of hydrogen-bond donors (Lipinski definition) is 2. The molecule has 2 aromatic rings. The Morgan fingerprint density at radius 1 is 1.47 bits per heavy atom. The highest BCUT2D eigenvalue weighted by molar-refractivity contribution is 5.65. The van der Waals surface area contributed by atoms with Gasteiger partial charge in [0.1, 0.15) is 5.82 Å². The van der Waals surface area contributed by atoms with E-state index in [4.69, 9.17) is 5.73 Å². The number of rotatable bonds is 4. The van der Waals surface area contributed by atoms with Crippen LogP contribution in [0.2, 0.25) is 0 Å². The molecule has 0 bridgehead atoms. The summed E-state index contributed by atoms with van der Waals surface area (Å²) in [5, 5.41) is 7.31. The van der Waals surface area contributed by atoms with Gasteiger partial charge < -0.3 is 11.1 Å². The zero-order valence-electron chi connectivity index (χ0n) is 9.65. The fourth-order valence-corrected chi connectivity index (χ4v) is 1.59. The van der Waals surface area contributed by atoms with Crippen LogP contribution < -0.4 is 11.1 Å². The van der Waals surface area contributed by atoms with Crippen LogP contribution in [0.3, 0.4) is 0 Å². The second kappa shape index (κ2) is 4.86. The first kappa shape index (κ1) is 11.4. The Hall–Kier alpha value is -2.04. The average Bonchev–Trinajstić information content (AvgIpc) is 2.68. The zero-order valence-corrected chi connectivity index (χ0v) is 9.65. The highest BCUT2D eigenvalue weighted by atomic mass is 19.1. The van der Waals surface area contributed by atoms with Crippen LogP contribution in [0.4, 0.5) is 15.8 Å². The molecule has 90 valence electrons. The molecule has 4 nitrogen and oxygen atoms in total. The molecule has 5 heteroatoms. The van der Waals surface area contributed by atoms with Crippen molar-refractivity contribution in [2.45, 2.75) is 13.5 Å². The Bertz CT molecular complexity index is 507. The normalized spacial score (nSPS) is 10.5. The van der Waals surface area contributed by atoms with Crippen molar-refractivity contribution < 1.29 is 4.39 Å². The lowest BCUT2D eigenvalue weighted by Crippen LogP contribution is -2.11. The monoisotopic (exact) mass is 234 g/mol. The van der Waals surface area contributed by atoms with Crippen molar-refractivity contribution in [3.63, 3.8) is 0 Å². The smallest absolute Gasteiger partial charge is 0.125 e. The molecule has 0 unspecified atom stereocenters. The lowest BCUT2D eigenvalue weighted by Gasteiger charge is -2.09. The van der Waals surface area contributed by atoms with Gasteiger partial charge in [-0.3, -0.25) is 4.68 Å².